The second-order valence-electron chi connectivity index (χ2n) is 9.62. The van der Waals surface area contributed by atoms with E-state index in [2.05, 4.69) is 5.32 Å². The first kappa shape index (κ1) is 28.0. The molecule has 2 aromatic rings. The lowest BCUT2D eigenvalue weighted by Crippen LogP contribution is -2.53. The molecule has 0 bridgehead atoms. The maximum absolute atomic E-state index is 13.9. The fraction of sp³-hybridized carbons (Fsp3) is 0.481. The summed E-state index contributed by atoms with van der Waals surface area (Å²) < 4.78 is 37.9. The van der Waals surface area contributed by atoms with Gasteiger partial charge in [-0.3, -0.25) is 13.9 Å². The summed E-state index contributed by atoms with van der Waals surface area (Å²) in [6.07, 6.45) is 5.34. The standard InChI is InChI=1S/C27H34ClN3O6S/c1-3-23(27(33)29-20-9-5-6-10-20)30(17-19-8-4-7-11-22(19)28)26(32)18-31(38(2,34)35)21-12-13-24-25(16-21)37-15-14-36-24/h4,7-8,11-13,16,20,23H,3,5-6,9-10,14-15,17-18H2,1-2H3,(H,29,33)/t23-/m1/s1. The lowest BCUT2D eigenvalue weighted by Gasteiger charge is -2.33. The molecule has 0 saturated heterocycles. The quantitative estimate of drug-likeness (QED) is 0.472. The minimum absolute atomic E-state index is 0.0633. The van der Waals surface area contributed by atoms with Gasteiger partial charge in [-0.25, -0.2) is 8.42 Å². The molecule has 9 nitrogen and oxygen atoms in total. The van der Waals surface area contributed by atoms with Crippen LogP contribution in [0, 0.1) is 0 Å². The van der Waals surface area contributed by atoms with E-state index in [9.17, 15) is 18.0 Å². The molecule has 38 heavy (non-hydrogen) atoms. The van der Waals surface area contributed by atoms with Gasteiger partial charge in [-0.05, 0) is 43.0 Å². The second-order valence-corrected chi connectivity index (χ2v) is 11.9. The van der Waals surface area contributed by atoms with Crippen LogP contribution in [0.3, 0.4) is 0 Å². The van der Waals surface area contributed by atoms with E-state index in [1.165, 1.54) is 4.90 Å². The van der Waals surface area contributed by atoms with E-state index in [-0.39, 0.29) is 24.2 Å². The Labute approximate surface area is 229 Å². The zero-order chi connectivity index (χ0) is 27.3. The molecule has 206 valence electrons. The number of anilines is 1. The Morgan fingerprint density at radius 2 is 1.76 bits per heavy atom. The molecule has 0 radical (unpaired) electrons. The minimum Gasteiger partial charge on any atom is -0.486 e. The third-order valence-electron chi connectivity index (χ3n) is 6.88. The molecule has 1 aliphatic heterocycles. The number of fused-ring (bicyclic) bond motifs is 1. The van der Waals surface area contributed by atoms with Gasteiger partial charge in [-0.2, -0.15) is 0 Å². The van der Waals surface area contributed by atoms with Crippen LogP contribution in [-0.2, 0) is 26.2 Å². The molecule has 0 aromatic heterocycles. The normalized spacial score (nSPS) is 16.1. The molecule has 1 heterocycles. The van der Waals surface area contributed by atoms with E-state index in [4.69, 9.17) is 21.1 Å². The molecule has 1 fully saturated rings. The predicted octanol–water partition coefficient (Wildman–Crippen LogP) is 3.74. The average Bonchev–Trinajstić information content (AvgIpc) is 3.40. The van der Waals surface area contributed by atoms with Crippen molar-refractivity contribution in [3.63, 3.8) is 0 Å². The number of nitrogens with one attached hydrogen (secondary N) is 1. The number of rotatable bonds is 10. The number of amides is 2. The molecule has 1 atom stereocenters. The van der Waals surface area contributed by atoms with Crippen molar-refractivity contribution in [3.05, 3.63) is 53.1 Å². The molecule has 2 aliphatic rings. The zero-order valence-corrected chi connectivity index (χ0v) is 23.3. The van der Waals surface area contributed by atoms with Crippen LogP contribution in [0.2, 0.25) is 5.02 Å². The molecule has 1 N–H and O–H groups in total. The van der Waals surface area contributed by atoms with E-state index in [0.29, 0.717) is 41.7 Å². The van der Waals surface area contributed by atoms with E-state index >= 15 is 0 Å². The van der Waals surface area contributed by atoms with Gasteiger partial charge in [0.05, 0.1) is 11.9 Å². The summed E-state index contributed by atoms with van der Waals surface area (Å²) in [6.45, 7) is 2.15. The van der Waals surface area contributed by atoms with Crippen molar-refractivity contribution >= 4 is 39.1 Å². The number of halogens is 1. The van der Waals surface area contributed by atoms with Crippen molar-refractivity contribution in [2.75, 3.05) is 30.3 Å². The van der Waals surface area contributed by atoms with E-state index in [1.54, 1.807) is 42.5 Å². The van der Waals surface area contributed by atoms with Gasteiger partial charge in [0.15, 0.2) is 11.5 Å². The number of ether oxygens (including phenoxy) is 2. The number of hydrogen-bond acceptors (Lipinski definition) is 6. The Bertz CT molecular complexity index is 1270. The van der Waals surface area contributed by atoms with E-state index < -0.39 is 28.5 Å². The lowest BCUT2D eigenvalue weighted by atomic mass is 10.1. The fourth-order valence-electron chi connectivity index (χ4n) is 4.90. The van der Waals surface area contributed by atoms with Crippen molar-refractivity contribution in [1.82, 2.24) is 10.2 Å². The molecule has 1 saturated carbocycles. The number of carbonyl (C=O) groups excluding carboxylic acids is 2. The van der Waals surface area contributed by atoms with Crippen LogP contribution in [0.5, 0.6) is 11.5 Å². The highest BCUT2D eigenvalue weighted by molar-refractivity contribution is 7.92. The lowest BCUT2D eigenvalue weighted by molar-refractivity contribution is -0.140. The van der Waals surface area contributed by atoms with E-state index in [0.717, 1.165) is 36.2 Å². The summed E-state index contributed by atoms with van der Waals surface area (Å²) in [5.41, 5.74) is 0.936. The van der Waals surface area contributed by atoms with Gasteiger partial charge in [0.1, 0.15) is 25.8 Å². The number of carbonyl (C=O) groups is 2. The Morgan fingerprint density at radius 1 is 1.08 bits per heavy atom. The summed E-state index contributed by atoms with van der Waals surface area (Å²) in [6, 6.07) is 11.1. The van der Waals surface area contributed by atoms with Crippen LogP contribution in [0.15, 0.2) is 42.5 Å². The fourth-order valence-corrected chi connectivity index (χ4v) is 5.93. The average molecular weight is 564 g/mol. The third-order valence-corrected chi connectivity index (χ3v) is 8.39. The summed E-state index contributed by atoms with van der Waals surface area (Å²) in [5, 5.41) is 3.55. The molecule has 2 aromatic carbocycles. The summed E-state index contributed by atoms with van der Waals surface area (Å²) in [7, 11) is -3.86. The van der Waals surface area contributed by atoms with Gasteiger partial charge in [0.2, 0.25) is 21.8 Å². The molecule has 11 heteroatoms. The van der Waals surface area contributed by atoms with Gasteiger partial charge in [0.25, 0.3) is 0 Å². The topological polar surface area (TPSA) is 105 Å². The molecular formula is C27H34ClN3O6S. The van der Waals surface area contributed by atoms with Crippen molar-refractivity contribution in [2.24, 2.45) is 0 Å². The van der Waals surface area contributed by atoms with Crippen LogP contribution < -0.4 is 19.1 Å². The third kappa shape index (κ3) is 6.71. The highest BCUT2D eigenvalue weighted by Crippen LogP contribution is 2.35. The van der Waals surface area contributed by atoms with Crippen LogP contribution in [0.4, 0.5) is 5.69 Å². The molecular weight excluding hydrogens is 530 g/mol. The van der Waals surface area contributed by atoms with Gasteiger partial charge in [-0.15, -0.1) is 0 Å². The maximum Gasteiger partial charge on any atom is 0.244 e. The molecule has 0 spiro atoms. The predicted molar refractivity (Wildman–Crippen MR) is 146 cm³/mol. The van der Waals surface area contributed by atoms with Gasteiger partial charge < -0.3 is 19.7 Å². The zero-order valence-electron chi connectivity index (χ0n) is 21.7. The number of hydrogen-bond donors (Lipinski definition) is 1. The first-order valence-corrected chi connectivity index (χ1v) is 15.1. The van der Waals surface area contributed by atoms with Crippen molar-refractivity contribution in [2.45, 2.75) is 57.7 Å². The smallest absolute Gasteiger partial charge is 0.244 e. The van der Waals surface area contributed by atoms with Gasteiger partial charge in [-0.1, -0.05) is 49.6 Å². The first-order valence-electron chi connectivity index (χ1n) is 12.9. The second kappa shape index (κ2) is 12.3. The molecule has 2 amide bonds. The Hall–Kier alpha value is -2.98. The SMILES string of the molecule is CC[C@H](C(=O)NC1CCCC1)N(Cc1ccccc1Cl)C(=O)CN(c1ccc2c(c1)OCCO2)S(C)(=O)=O. The highest BCUT2D eigenvalue weighted by atomic mass is 35.5. The monoisotopic (exact) mass is 563 g/mol. The van der Waals surface area contributed by atoms with Crippen LogP contribution in [0.25, 0.3) is 0 Å². The Morgan fingerprint density at radius 3 is 2.42 bits per heavy atom. The van der Waals surface area contributed by atoms with Crippen molar-refractivity contribution in [1.29, 1.82) is 0 Å². The number of sulfonamides is 1. The summed E-state index contributed by atoms with van der Waals surface area (Å²) in [4.78, 5) is 28.7. The van der Waals surface area contributed by atoms with Gasteiger partial charge >= 0.3 is 0 Å². The highest BCUT2D eigenvalue weighted by Gasteiger charge is 2.33. The van der Waals surface area contributed by atoms with Crippen molar-refractivity contribution in [3.8, 4) is 11.5 Å². The Balaban J connectivity index is 1.64. The molecule has 1 aliphatic carbocycles. The summed E-state index contributed by atoms with van der Waals surface area (Å²) in [5.74, 6) is 0.156. The van der Waals surface area contributed by atoms with Crippen LogP contribution in [0.1, 0.15) is 44.6 Å². The number of benzene rings is 2. The summed E-state index contributed by atoms with van der Waals surface area (Å²) >= 11 is 6.41. The van der Waals surface area contributed by atoms with Crippen LogP contribution >= 0.6 is 11.6 Å². The largest absolute Gasteiger partial charge is 0.486 e. The number of nitrogens with zero attached hydrogens (tertiary/aromatic N) is 2. The van der Waals surface area contributed by atoms with Crippen LogP contribution in [-0.4, -0.2) is 63.2 Å². The molecule has 4 rings (SSSR count). The van der Waals surface area contributed by atoms with Crippen molar-refractivity contribution < 1.29 is 27.5 Å². The molecule has 0 unspecified atom stereocenters. The van der Waals surface area contributed by atoms with Gasteiger partial charge in [0, 0.05) is 23.7 Å². The van der Waals surface area contributed by atoms with E-state index in [1.807, 2.05) is 6.92 Å². The maximum atomic E-state index is 13.9. The minimum atomic E-state index is -3.86. The first-order chi connectivity index (χ1) is 18.2. The Kier molecular flexibility index (Phi) is 9.04.